The third-order valence-electron chi connectivity index (χ3n) is 14.7. The molecule has 1 saturated carbocycles. The van der Waals surface area contributed by atoms with Crippen LogP contribution in [-0.4, -0.2) is 8.07 Å². The summed E-state index contributed by atoms with van der Waals surface area (Å²) in [4.78, 5) is 0. The summed E-state index contributed by atoms with van der Waals surface area (Å²) in [6.07, 6.45) is 5.12. The van der Waals surface area contributed by atoms with Crippen molar-refractivity contribution >= 4 is 88.3 Å². The van der Waals surface area contributed by atoms with Crippen LogP contribution in [0.25, 0.3) is 75.8 Å². The normalized spacial score (nSPS) is 21.0. The Bertz CT molecular complexity index is 2960. The van der Waals surface area contributed by atoms with Gasteiger partial charge in [-0.05, 0) is 132 Å². The first kappa shape index (κ1) is 30.0. The first-order valence-electron chi connectivity index (χ1n) is 19.6. The van der Waals surface area contributed by atoms with E-state index in [1.807, 2.05) is 0 Å². The summed E-state index contributed by atoms with van der Waals surface area (Å²) in [7, 11) is -2.44. The Morgan fingerprint density at radius 2 is 0.981 bits per heavy atom. The molecule has 53 heavy (non-hydrogen) atoms. The molecule has 2 atom stereocenters. The SMILES string of the molecule is CC12CCCCC1(C)[Si](c1ccccc1)(c1ccccc1)c1ccc(-c3ccc4c5cc6c(cc5c5cccc3c54)c3cccc4cccc6c43)cc12. The Hall–Kier alpha value is -5.50. The molecule has 0 N–H and O–H groups in total. The molecule has 0 radical (unpaired) electrons. The van der Waals surface area contributed by atoms with Crippen molar-refractivity contribution in [1.82, 2.24) is 0 Å². The lowest BCUT2D eigenvalue weighted by Gasteiger charge is -2.54. The van der Waals surface area contributed by atoms with Crippen LogP contribution in [0.15, 0.2) is 158 Å². The average Bonchev–Trinajstić information content (AvgIpc) is 3.76. The maximum absolute atomic E-state index is 2.68. The van der Waals surface area contributed by atoms with E-state index in [1.165, 1.54) is 101 Å². The van der Waals surface area contributed by atoms with Crippen molar-refractivity contribution in [2.45, 2.75) is 50.0 Å². The molecule has 0 nitrogen and oxygen atoms in total. The van der Waals surface area contributed by atoms with Gasteiger partial charge in [0.1, 0.15) is 0 Å². The highest BCUT2D eigenvalue weighted by atomic mass is 28.3. The fraction of sp³-hybridized carbons (Fsp3) is 0.154. The topological polar surface area (TPSA) is 0 Å². The van der Waals surface area contributed by atoms with E-state index in [0.717, 1.165) is 0 Å². The Morgan fingerprint density at radius 3 is 1.62 bits per heavy atom. The van der Waals surface area contributed by atoms with Gasteiger partial charge in [0.05, 0.1) is 0 Å². The number of rotatable bonds is 3. The fourth-order valence-corrected chi connectivity index (χ4v) is 19.1. The molecule has 0 spiro atoms. The molecular weight excluding hydrogens is 653 g/mol. The molecule has 252 valence electrons. The fourth-order valence-electron chi connectivity index (χ4n) is 12.2. The van der Waals surface area contributed by atoms with Crippen LogP contribution in [0, 0.1) is 0 Å². The first-order valence-corrected chi connectivity index (χ1v) is 21.6. The largest absolute Gasteiger partial charge is 0.155 e. The Morgan fingerprint density at radius 1 is 0.434 bits per heavy atom. The van der Waals surface area contributed by atoms with Crippen LogP contribution in [-0.2, 0) is 5.41 Å². The van der Waals surface area contributed by atoms with Crippen LogP contribution in [0.5, 0.6) is 0 Å². The molecule has 1 heterocycles. The van der Waals surface area contributed by atoms with Crippen molar-refractivity contribution in [3.8, 4) is 11.1 Å². The molecule has 1 heteroatoms. The number of benzene rings is 8. The van der Waals surface area contributed by atoms with Crippen molar-refractivity contribution in [3.05, 3.63) is 163 Å². The molecule has 2 unspecified atom stereocenters. The zero-order valence-corrected chi connectivity index (χ0v) is 31.3. The van der Waals surface area contributed by atoms with E-state index >= 15 is 0 Å². The zero-order valence-electron chi connectivity index (χ0n) is 30.3. The lowest BCUT2D eigenvalue weighted by molar-refractivity contribution is 0.241. The monoisotopic (exact) mass is 692 g/mol. The van der Waals surface area contributed by atoms with Gasteiger partial charge in [-0.1, -0.05) is 172 Å². The summed E-state index contributed by atoms with van der Waals surface area (Å²) >= 11 is 0. The third-order valence-corrected chi connectivity index (χ3v) is 20.8. The summed E-state index contributed by atoms with van der Waals surface area (Å²) in [6, 6.07) is 61.4. The third kappa shape index (κ3) is 3.53. The maximum atomic E-state index is 2.68. The Kier molecular flexibility index (Phi) is 5.85. The van der Waals surface area contributed by atoms with Gasteiger partial charge in [-0.15, -0.1) is 0 Å². The second kappa shape index (κ2) is 10.3. The van der Waals surface area contributed by atoms with Crippen LogP contribution in [0.4, 0.5) is 0 Å². The highest BCUT2D eigenvalue weighted by Crippen LogP contribution is 2.65. The predicted octanol–water partition coefficient (Wildman–Crippen LogP) is 12.2. The van der Waals surface area contributed by atoms with Gasteiger partial charge in [-0.25, -0.2) is 0 Å². The Labute approximate surface area is 311 Å². The molecule has 10 aromatic carbocycles. The molecule has 0 aromatic heterocycles. The second-order valence-corrected chi connectivity index (χ2v) is 21.0. The quantitative estimate of drug-likeness (QED) is 0.162. The van der Waals surface area contributed by atoms with Gasteiger partial charge in [-0.3, -0.25) is 0 Å². The van der Waals surface area contributed by atoms with Crippen molar-refractivity contribution < 1.29 is 0 Å². The molecule has 1 aliphatic carbocycles. The van der Waals surface area contributed by atoms with Gasteiger partial charge >= 0.3 is 0 Å². The predicted molar refractivity (Wildman–Crippen MR) is 231 cm³/mol. The maximum Gasteiger partial charge on any atom is 0.155 e. The summed E-state index contributed by atoms with van der Waals surface area (Å²) in [5.41, 5.74) is 4.40. The lowest BCUT2D eigenvalue weighted by atomic mass is 9.64. The van der Waals surface area contributed by atoms with Crippen molar-refractivity contribution in [3.63, 3.8) is 0 Å². The molecule has 2 aliphatic rings. The van der Waals surface area contributed by atoms with Gasteiger partial charge < -0.3 is 0 Å². The van der Waals surface area contributed by atoms with E-state index in [4.69, 9.17) is 0 Å². The standard InChI is InChI=1S/C52H40Si/c1-51-28-9-10-29-52(51,2)53(35-16-5-3-6-17-35,36-18-7-4-8-19-36)48-27-24-34(30-47(48)51)37-25-26-42-46-32-44-40-21-12-15-33-14-11-20-39(49(33)40)43(44)31-45(46)41-23-13-22-38(37)50(41)42/h3-8,11-27,30-32H,9-10,28-29H2,1-2H3. The molecule has 0 amide bonds. The van der Waals surface area contributed by atoms with Crippen molar-refractivity contribution in [1.29, 1.82) is 0 Å². The summed E-state index contributed by atoms with van der Waals surface area (Å²) in [5.74, 6) is 0. The average molecular weight is 693 g/mol. The molecule has 1 aliphatic heterocycles. The van der Waals surface area contributed by atoms with Crippen LogP contribution in [0.3, 0.4) is 0 Å². The van der Waals surface area contributed by atoms with Crippen LogP contribution in [0.2, 0.25) is 5.04 Å². The lowest BCUT2D eigenvalue weighted by Crippen LogP contribution is -2.72. The summed E-state index contributed by atoms with van der Waals surface area (Å²) in [6.45, 7) is 5.32. The number of fused-ring (bicyclic) bond motifs is 9. The highest BCUT2D eigenvalue weighted by molar-refractivity contribution is 7.14. The van der Waals surface area contributed by atoms with E-state index in [0.29, 0.717) is 0 Å². The van der Waals surface area contributed by atoms with Crippen molar-refractivity contribution in [2.75, 3.05) is 0 Å². The molecule has 0 saturated heterocycles. The van der Waals surface area contributed by atoms with Crippen LogP contribution >= 0.6 is 0 Å². The van der Waals surface area contributed by atoms with Crippen LogP contribution in [0.1, 0.15) is 45.1 Å². The van der Waals surface area contributed by atoms with Gasteiger partial charge in [0.2, 0.25) is 0 Å². The van der Waals surface area contributed by atoms with Gasteiger partial charge in [0.15, 0.2) is 8.07 Å². The van der Waals surface area contributed by atoms with Gasteiger partial charge in [-0.2, -0.15) is 0 Å². The zero-order chi connectivity index (χ0) is 35.1. The molecule has 0 bridgehead atoms. The highest BCUT2D eigenvalue weighted by Gasteiger charge is 2.68. The molecular formula is C52H40Si. The molecule has 1 fully saturated rings. The van der Waals surface area contributed by atoms with E-state index in [2.05, 4.69) is 172 Å². The molecule has 12 rings (SSSR count). The summed E-state index contributed by atoms with van der Waals surface area (Å²) < 4.78 is 0. The summed E-state index contributed by atoms with van der Waals surface area (Å²) in [5, 5.41) is 21.3. The van der Waals surface area contributed by atoms with Gasteiger partial charge in [0, 0.05) is 0 Å². The van der Waals surface area contributed by atoms with E-state index in [-0.39, 0.29) is 10.5 Å². The van der Waals surface area contributed by atoms with Crippen LogP contribution < -0.4 is 15.6 Å². The van der Waals surface area contributed by atoms with E-state index in [9.17, 15) is 0 Å². The number of hydrogen-bond acceptors (Lipinski definition) is 0. The minimum atomic E-state index is -2.44. The molecule has 10 aromatic rings. The van der Waals surface area contributed by atoms with Crippen molar-refractivity contribution in [2.24, 2.45) is 0 Å². The Balaban J connectivity index is 1.12. The van der Waals surface area contributed by atoms with E-state index in [1.54, 1.807) is 21.1 Å². The first-order chi connectivity index (χ1) is 26.0. The van der Waals surface area contributed by atoms with E-state index < -0.39 is 8.07 Å². The second-order valence-electron chi connectivity index (χ2n) is 16.7. The smallest absolute Gasteiger partial charge is 0.0624 e. The minimum absolute atomic E-state index is 0.0965. The minimum Gasteiger partial charge on any atom is -0.0624 e. The number of hydrogen-bond donors (Lipinski definition) is 0. The van der Waals surface area contributed by atoms with Gasteiger partial charge in [0.25, 0.3) is 0 Å².